The Labute approximate surface area is 75.0 Å². The summed E-state index contributed by atoms with van der Waals surface area (Å²) in [4.78, 5) is 0.892. The quantitative estimate of drug-likeness (QED) is 0.601. The van der Waals surface area contributed by atoms with Gasteiger partial charge in [-0.3, -0.25) is 0 Å². The highest BCUT2D eigenvalue weighted by atomic mass is 127. The summed E-state index contributed by atoms with van der Waals surface area (Å²) in [7, 11) is 0. The normalized spacial score (nSPS) is 10.7. The maximum absolute atomic E-state index is 4.98. The van der Waals surface area contributed by atoms with Crippen LogP contribution < -0.4 is 5.32 Å². The van der Waals surface area contributed by atoms with Crippen LogP contribution in [0.2, 0.25) is 0 Å². The van der Waals surface area contributed by atoms with Gasteiger partial charge in [-0.2, -0.15) is 0 Å². The minimum atomic E-state index is 0.438. The molecule has 0 fully saturated rings. The molecule has 0 spiro atoms. The highest BCUT2D eigenvalue weighted by molar-refractivity contribution is 14.1. The van der Waals surface area contributed by atoms with E-state index in [2.05, 4.69) is 41.8 Å². The summed E-state index contributed by atoms with van der Waals surface area (Å²) in [6, 6.07) is 0. The van der Waals surface area contributed by atoms with Gasteiger partial charge in [0.25, 0.3) is 0 Å². The van der Waals surface area contributed by atoms with Crippen LogP contribution in [0, 0.1) is 5.92 Å². The minimum absolute atomic E-state index is 0.438. The Bertz CT molecular complexity index is 120. The monoisotopic (exact) mass is 255 g/mol. The molecule has 0 aromatic carbocycles. The van der Waals surface area contributed by atoms with Gasteiger partial charge in [0.2, 0.25) is 0 Å². The van der Waals surface area contributed by atoms with Gasteiger partial charge in [0.05, 0.1) is 4.99 Å². The molecular weight excluding hydrogens is 245 g/mol. The summed E-state index contributed by atoms with van der Waals surface area (Å²) in [5, 5.41) is 2.98. The molecule has 0 atom stereocenters. The molecule has 3 heteroatoms. The molecule has 0 radical (unpaired) electrons. The van der Waals surface area contributed by atoms with Gasteiger partial charge in [-0.05, 0) is 4.08 Å². The molecule has 0 saturated heterocycles. The maximum Gasteiger partial charge on any atom is 0.0818 e. The van der Waals surface area contributed by atoms with Crippen LogP contribution in [-0.2, 0) is 0 Å². The van der Waals surface area contributed by atoms with Crippen LogP contribution in [0.1, 0.15) is 13.8 Å². The fourth-order valence-corrected chi connectivity index (χ4v) is 0.528. The SMILES string of the molecule is CC(C)C(=S)N/C=C\I. The van der Waals surface area contributed by atoms with Gasteiger partial charge in [-0.1, -0.05) is 48.7 Å². The molecule has 0 aliphatic rings. The van der Waals surface area contributed by atoms with Crippen LogP contribution in [0.3, 0.4) is 0 Å². The second-order valence-electron chi connectivity index (χ2n) is 1.96. The summed E-state index contributed by atoms with van der Waals surface area (Å²) in [6.45, 7) is 4.13. The van der Waals surface area contributed by atoms with E-state index in [1.165, 1.54) is 0 Å². The van der Waals surface area contributed by atoms with Gasteiger partial charge in [0.15, 0.2) is 0 Å². The van der Waals surface area contributed by atoms with Gasteiger partial charge in [-0.25, -0.2) is 0 Å². The van der Waals surface area contributed by atoms with E-state index in [4.69, 9.17) is 12.2 Å². The first kappa shape index (κ1) is 9.36. The number of hydrogen-bond donors (Lipinski definition) is 1. The number of thiocarbonyl (C=S) groups is 1. The summed E-state index contributed by atoms with van der Waals surface area (Å²) in [5.41, 5.74) is 0. The molecule has 0 aromatic heterocycles. The van der Waals surface area contributed by atoms with Crippen molar-refractivity contribution in [3.05, 3.63) is 10.3 Å². The third kappa shape index (κ3) is 4.84. The van der Waals surface area contributed by atoms with E-state index in [0.717, 1.165) is 4.99 Å². The molecule has 0 aromatic rings. The standard InChI is InChI=1S/C6H10INS/c1-5(2)6(9)8-4-3-7/h3-5H,1-2H3,(H,8,9)/b4-3-. The van der Waals surface area contributed by atoms with Crippen molar-refractivity contribution >= 4 is 39.8 Å². The third-order valence-corrected chi connectivity index (χ3v) is 1.76. The van der Waals surface area contributed by atoms with E-state index >= 15 is 0 Å². The van der Waals surface area contributed by atoms with Gasteiger partial charge >= 0.3 is 0 Å². The molecule has 1 nitrogen and oxygen atoms in total. The van der Waals surface area contributed by atoms with E-state index in [0.29, 0.717) is 5.92 Å². The van der Waals surface area contributed by atoms with Crippen LogP contribution in [0.5, 0.6) is 0 Å². The molecule has 0 aliphatic heterocycles. The van der Waals surface area contributed by atoms with Gasteiger partial charge in [0.1, 0.15) is 0 Å². The number of rotatable bonds is 2. The second kappa shape index (κ2) is 5.17. The van der Waals surface area contributed by atoms with Gasteiger partial charge in [-0.15, -0.1) is 0 Å². The van der Waals surface area contributed by atoms with Crippen LogP contribution in [0.15, 0.2) is 10.3 Å². The summed E-state index contributed by atoms with van der Waals surface area (Å²) < 4.78 is 1.90. The smallest absolute Gasteiger partial charge is 0.0818 e. The first-order valence-electron chi connectivity index (χ1n) is 2.74. The van der Waals surface area contributed by atoms with Crippen molar-refractivity contribution in [3.63, 3.8) is 0 Å². The Morgan fingerprint density at radius 3 is 2.56 bits per heavy atom. The largest absolute Gasteiger partial charge is 0.356 e. The Kier molecular flexibility index (Phi) is 5.38. The predicted octanol–water partition coefficient (Wildman–Crippen LogP) is 2.47. The topological polar surface area (TPSA) is 12.0 Å². The van der Waals surface area contributed by atoms with Crippen molar-refractivity contribution in [1.29, 1.82) is 0 Å². The lowest BCUT2D eigenvalue weighted by atomic mass is 10.2. The molecule has 0 aliphatic carbocycles. The van der Waals surface area contributed by atoms with E-state index in [9.17, 15) is 0 Å². The molecule has 9 heavy (non-hydrogen) atoms. The Morgan fingerprint density at radius 2 is 2.22 bits per heavy atom. The lowest BCUT2D eigenvalue weighted by Gasteiger charge is -2.04. The van der Waals surface area contributed by atoms with Crippen molar-refractivity contribution in [2.75, 3.05) is 0 Å². The molecular formula is C6H10INS. The molecule has 1 N–H and O–H groups in total. The molecule has 0 amide bonds. The highest BCUT2D eigenvalue weighted by Crippen LogP contribution is 1.93. The second-order valence-corrected chi connectivity index (χ2v) is 3.11. The van der Waals surface area contributed by atoms with Crippen molar-refractivity contribution in [1.82, 2.24) is 5.32 Å². The highest BCUT2D eigenvalue weighted by Gasteiger charge is 1.96. The Balaban J connectivity index is 3.51. The molecule has 52 valence electrons. The number of halogens is 1. The minimum Gasteiger partial charge on any atom is -0.356 e. The Morgan fingerprint density at radius 1 is 1.67 bits per heavy atom. The molecule has 0 rings (SSSR count). The lowest BCUT2D eigenvalue weighted by molar-refractivity contribution is 0.870. The van der Waals surface area contributed by atoms with E-state index in [-0.39, 0.29) is 0 Å². The zero-order chi connectivity index (χ0) is 7.28. The summed E-state index contributed by atoms with van der Waals surface area (Å²) in [6.07, 6.45) is 1.84. The van der Waals surface area contributed by atoms with Gasteiger partial charge in [0, 0.05) is 12.1 Å². The third-order valence-electron chi connectivity index (χ3n) is 0.813. The molecule has 0 heterocycles. The van der Waals surface area contributed by atoms with E-state index in [1.807, 2.05) is 10.3 Å². The number of hydrogen-bond acceptors (Lipinski definition) is 1. The summed E-state index contributed by atoms with van der Waals surface area (Å²) in [5.74, 6) is 0.438. The van der Waals surface area contributed by atoms with Crippen LogP contribution in [-0.4, -0.2) is 4.99 Å². The van der Waals surface area contributed by atoms with Crippen molar-refractivity contribution in [2.45, 2.75) is 13.8 Å². The Hall–Kier alpha value is 0.360. The maximum atomic E-state index is 4.98. The molecule has 0 saturated carbocycles. The molecule has 0 unspecified atom stereocenters. The average Bonchev–Trinajstić information content (AvgIpc) is 1.82. The van der Waals surface area contributed by atoms with Gasteiger partial charge < -0.3 is 5.32 Å². The molecule has 0 bridgehead atoms. The number of nitrogens with one attached hydrogen (secondary N) is 1. The van der Waals surface area contributed by atoms with Crippen molar-refractivity contribution in [2.24, 2.45) is 5.92 Å². The first-order chi connectivity index (χ1) is 4.18. The lowest BCUT2D eigenvalue weighted by Crippen LogP contribution is -2.19. The fraction of sp³-hybridized carbons (Fsp3) is 0.500. The predicted molar refractivity (Wildman–Crippen MR) is 53.7 cm³/mol. The summed E-state index contributed by atoms with van der Waals surface area (Å²) >= 11 is 7.12. The fourth-order valence-electron chi connectivity index (χ4n) is 0.280. The average molecular weight is 255 g/mol. The van der Waals surface area contributed by atoms with E-state index in [1.54, 1.807) is 0 Å². The van der Waals surface area contributed by atoms with Crippen molar-refractivity contribution < 1.29 is 0 Å². The van der Waals surface area contributed by atoms with Crippen LogP contribution >= 0.6 is 34.8 Å². The van der Waals surface area contributed by atoms with Crippen LogP contribution in [0.25, 0.3) is 0 Å². The first-order valence-corrected chi connectivity index (χ1v) is 4.39. The zero-order valence-electron chi connectivity index (χ0n) is 5.52. The van der Waals surface area contributed by atoms with Crippen molar-refractivity contribution in [3.8, 4) is 0 Å². The zero-order valence-corrected chi connectivity index (χ0v) is 8.49. The van der Waals surface area contributed by atoms with Crippen LogP contribution in [0.4, 0.5) is 0 Å². The van der Waals surface area contributed by atoms with E-state index < -0.39 is 0 Å².